The Kier molecular flexibility index (Phi) is 7.30. The number of anilines is 1. The number of hydrogen-bond donors (Lipinski definition) is 2. The Morgan fingerprint density at radius 3 is 2.56 bits per heavy atom. The second-order valence-electron chi connectivity index (χ2n) is 8.00. The monoisotopic (exact) mass is 345 g/mol. The molecule has 1 aromatic rings. The lowest BCUT2D eigenvalue weighted by Crippen LogP contribution is -2.45. The Bertz CT molecular complexity index is 550. The van der Waals surface area contributed by atoms with Crippen molar-refractivity contribution in [3.63, 3.8) is 0 Å². The van der Waals surface area contributed by atoms with E-state index in [1.807, 2.05) is 6.07 Å². The Hall–Kier alpha value is -1.55. The number of carbonyl (C=O) groups excluding carboxylic acids is 1. The zero-order chi connectivity index (χ0) is 18.3. The summed E-state index contributed by atoms with van der Waals surface area (Å²) in [6, 6.07) is 9.03. The van der Waals surface area contributed by atoms with Crippen LogP contribution in [0.5, 0.6) is 0 Å². The van der Waals surface area contributed by atoms with Gasteiger partial charge in [0, 0.05) is 23.8 Å². The van der Waals surface area contributed by atoms with Crippen LogP contribution in [0.2, 0.25) is 0 Å². The molecule has 0 bridgehead atoms. The highest BCUT2D eigenvalue weighted by molar-refractivity contribution is 5.81. The Morgan fingerprint density at radius 1 is 1.20 bits per heavy atom. The molecule has 4 nitrogen and oxygen atoms in total. The number of carbonyl (C=O) groups is 1. The predicted octanol–water partition coefficient (Wildman–Crippen LogP) is 4.17. The van der Waals surface area contributed by atoms with E-state index in [0.717, 1.165) is 18.7 Å². The van der Waals surface area contributed by atoms with Crippen LogP contribution in [-0.4, -0.2) is 36.0 Å². The summed E-state index contributed by atoms with van der Waals surface area (Å²) in [7, 11) is 2.23. The van der Waals surface area contributed by atoms with E-state index in [-0.39, 0.29) is 11.4 Å². The first-order valence-electron chi connectivity index (χ1n) is 9.74. The zero-order valence-corrected chi connectivity index (χ0v) is 16.4. The summed E-state index contributed by atoms with van der Waals surface area (Å²) in [5, 5.41) is 6.41. The molecule has 0 heterocycles. The van der Waals surface area contributed by atoms with Gasteiger partial charge >= 0.3 is 0 Å². The fraction of sp³-hybridized carbons (Fsp3) is 0.667. The van der Waals surface area contributed by atoms with Crippen LogP contribution >= 0.6 is 0 Å². The van der Waals surface area contributed by atoms with Gasteiger partial charge in [0.15, 0.2) is 0 Å². The molecule has 0 unspecified atom stereocenters. The van der Waals surface area contributed by atoms with Crippen molar-refractivity contribution < 1.29 is 4.79 Å². The predicted molar refractivity (Wildman–Crippen MR) is 106 cm³/mol. The molecule has 140 valence electrons. The maximum atomic E-state index is 12.2. The van der Waals surface area contributed by atoms with Gasteiger partial charge in [0.2, 0.25) is 5.91 Å². The topological polar surface area (TPSA) is 44.4 Å². The van der Waals surface area contributed by atoms with Crippen LogP contribution in [0.15, 0.2) is 24.3 Å². The standard InChI is InChI=1S/C21H35N3O/c1-5-21(2,3)23-20(25)15-22-19-14-10-9-11-17(19)16-24(4)18-12-7-6-8-13-18/h9-11,14,18,22H,5-8,12-13,15-16H2,1-4H3,(H,23,25). The third-order valence-electron chi connectivity index (χ3n) is 5.44. The first-order valence-corrected chi connectivity index (χ1v) is 9.74. The molecule has 25 heavy (non-hydrogen) atoms. The van der Waals surface area contributed by atoms with Crippen LogP contribution in [0, 0.1) is 0 Å². The molecule has 1 saturated carbocycles. The number of para-hydroxylation sites is 1. The molecule has 0 aliphatic heterocycles. The van der Waals surface area contributed by atoms with Gasteiger partial charge < -0.3 is 10.6 Å². The van der Waals surface area contributed by atoms with E-state index in [1.54, 1.807) is 0 Å². The summed E-state index contributed by atoms with van der Waals surface area (Å²) >= 11 is 0. The molecule has 1 aliphatic carbocycles. The van der Waals surface area contributed by atoms with Crippen molar-refractivity contribution in [3.8, 4) is 0 Å². The van der Waals surface area contributed by atoms with Crippen LogP contribution in [0.25, 0.3) is 0 Å². The second kappa shape index (κ2) is 9.23. The van der Waals surface area contributed by atoms with Crippen molar-refractivity contribution in [1.29, 1.82) is 0 Å². The molecule has 1 fully saturated rings. The highest BCUT2D eigenvalue weighted by Crippen LogP contribution is 2.24. The van der Waals surface area contributed by atoms with Crippen molar-refractivity contribution >= 4 is 11.6 Å². The number of nitrogens with zero attached hydrogens (tertiary/aromatic N) is 1. The fourth-order valence-corrected chi connectivity index (χ4v) is 3.44. The maximum Gasteiger partial charge on any atom is 0.239 e. The average Bonchev–Trinajstić information content (AvgIpc) is 2.61. The van der Waals surface area contributed by atoms with Crippen LogP contribution in [0.4, 0.5) is 5.69 Å². The van der Waals surface area contributed by atoms with Gasteiger partial charge in [-0.15, -0.1) is 0 Å². The van der Waals surface area contributed by atoms with E-state index in [2.05, 4.69) is 61.6 Å². The third-order valence-corrected chi connectivity index (χ3v) is 5.44. The van der Waals surface area contributed by atoms with E-state index < -0.39 is 0 Å². The van der Waals surface area contributed by atoms with Gasteiger partial charge in [-0.2, -0.15) is 0 Å². The number of nitrogens with one attached hydrogen (secondary N) is 2. The molecule has 0 spiro atoms. The lowest BCUT2D eigenvalue weighted by molar-refractivity contribution is -0.121. The van der Waals surface area contributed by atoms with Crippen molar-refractivity contribution in [2.24, 2.45) is 0 Å². The van der Waals surface area contributed by atoms with Gasteiger partial charge in [-0.3, -0.25) is 9.69 Å². The van der Waals surface area contributed by atoms with Gasteiger partial charge in [-0.05, 0) is 51.8 Å². The number of amides is 1. The Morgan fingerprint density at radius 2 is 1.88 bits per heavy atom. The van der Waals surface area contributed by atoms with Gasteiger partial charge in [-0.1, -0.05) is 44.4 Å². The quantitative estimate of drug-likeness (QED) is 0.743. The van der Waals surface area contributed by atoms with Crippen molar-refractivity contribution in [1.82, 2.24) is 10.2 Å². The summed E-state index contributed by atoms with van der Waals surface area (Å²) in [5.74, 6) is 0.0438. The maximum absolute atomic E-state index is 12.2. The smallest absolute Gasteiger partial charge is 0.239 e. The van der Waals surface area contributed by atoms with Crippen LogP contribution < -0.4 is 10.6 Å². The van der Waals surface area contributed by atoms with Crippen LogP contribution in [0.1, 0.15) is 64.9 Å². The van der Waals surface area contributed by atoms with E-state index >= 15 is 0 Å². The SMILES string of the molecule is CCC(C)(C)NC(=O)CNc1ccccc1CN(C)C1CCCCC1. The molecular formula is C21H35N3O. The highest BCUT2D eigenvalue weighted by Gasteiger charge is 2.20. The van der Waals surface area contributed by atoms with E-state index in [4.69, 9.17) is 0 Å². The fourth-order valence-electron chi connectivity index (χ4n) is 3.44. The molecule has 2 rings (SSSR count). The number of hydrogen-bond acceptors (Lipinski definition) is 3. The minimum absolute atomic E-state index is 0.0438. The van der Waals surface area contributed by atoms with Gasteiger partial charge in [-0.25, -0.2) is 0 Å². The molecule has 1 aliphatic rings. The average molecular weight is 346 g/mol. The Balaban J connectivity index is 1.92. The summed E-state index contributed by atoms with van der Waals surface area (Å²) in [6.45, 7) is 7.43. The lowest BCUT2D eigenvalue weighted by Gasteiger charge is -2.31. The van der Waals surface area contributed by atoms with Gasteiger partial charge in [0.1, 0.15) is 0 Å². The molecule has 0 saturated heterocycles. The molecular weight excluding hydrogens is 310 g/mol. The minimum Gasteiger partial charge on any atom is -0.376 e. The van der Waals surface area contributed by atoms with Crippen molar-refractivity contribution in [2.45, 2.75) is 77.4 Å². The molecule has 1 aromatic carbocycles. The first-order chi connectivity index (χ1) is 11.9. The largest absolute Gasteiger partial charge is 0.376 e. The number of rotatable bonds is 8. The molecule has 0 atom stereocenters. The molecule has 2 N–H and O–H groups in total. The molecule has 1 amide bonds. The summed E-state index contributed by atoms with van der Waals surface area (Å²) in [4.78, 5) is 14.7. The van der Waals surface area contributed by atoms with Crippen molar-refractivity contribution in [2.75, 3.05) is 18.9 Å². The molecule has 4 heteroatoms. The van der Waals surface area contributed by atoms with E-state index in [9.17, 15) is 4.79 Å². The lowest BCUT2D eigenvalue weighted by atomic mass is 9.94. The minimum atomic E-state index is -0.153. The van der Waals surface area contributed by atoms with Crippen molar-refractivity contribution in [3.05, 3.63) is 29.8 Å². The normalized spacial score (nSPS) is 16.0. The Labute approximate surface area is 153 Å². The first kappa shape index (κ1) is 19.8. The molecule has 0 aromatic heterocycles. The zero-order valence-electron chi connectivity index (χ0n) is 16.4. The third kappa shape index (κ3) is 6.35. The van der Waals surface area contributed by atoms with Crippen LogP contribution in [-0.2, 0) is 11.3 Å². The van der Waals surface area contributed by atoms with E-state index in [0.29, 0.717) is 12.6 Å². The second-order valence-corrected chi connectivity index (χ2v) is 8.00. The summed E-state index contributed by atoms with van der Waals surface area (Å²) in [6.07, 6.45) is 7.61. The molecule has 0 radical (unpaired) electrons. The summed E-state index contributed by atoms with van der Waals surface area (Å²) in [5.41, 5.74) is 2.17. The summed E-state index contributed by atoms with van der Waals surface area (Å²) < 4.78 is 0. The van der Waals surface area contributed by atoms with Crippen LogP contribution in [0.3, 0.4) is 0 Å². The highest BCUT2D eigenvalue weighted by atomic mass is 16.2. The van der Waals surface area contributed by atoms with Gasteiger partial charge in [0.25, 0.3) is 0 Å². The van der Waals surface area contributed by atoms with E-state index in [1.165, 1.54) is 37.7 Å². The number of benzene rings is 1. The van der Waals surface area contributed by atoms with Gasteiger partial charge in [0.05, 0.1) is 6.54 Å².